The van der Waals surface area contributed by atoms with Crippen molar-refractivity contribution >= 4 is 33.4 Å². The second kappa shape index (κ2) is 6.89. The number of hydrogen-bond acceptors (Lipinski definition) is 4. The summed E-state index contributed by atoms with van der Waals surface area (Å²) in [5.41, 5.74) is 13.6. The molecule has 2 aromatic carbocycles. The smallest absolute Gasteiger partial charge is 0.250 e. The van der Waals surface area contributed by atoms with E-state index in [0.717, 1.165) is 20.9 Å². The van der Waals surface area contributed by atoms with Gasteiger partial charge in [-0.3, -0.25) is 9.59 Å². The zero-order valence-electron chi connectivity index (χ0n) is 12.3. The summed E-state index contributed by atoms with van der Waals surface area (Å²) in [4.78, 5) is 24.8. The van der Waals surface area contributed by atoms with E-state index < -0.39 is 11.8 Å². The zero-order valence-corrected chi connectivity index (χ0v) is 13.9. The van der Waals surface area contributed by atoms with Gasteiger partial charge in [-0.05, 0) is 37.1 Å². The van der Waals surface area contributed by atoms with E-state index in [1.54, 1.807) is 0 Å². The summed E-state index contributed by atoms with van der Waals surface area (Å²) < 4.78 is 0. The SMILES string of the molecule is Cc1cccc(SSc2cccc(C)c2C(N)=O)c1C(N)=O. The Morgan fingerprint density at radius 2 is 1.14 bits per heavy atom. The van der Waals surface area contributed by atoms with Gasteiger partial charge in [-0.25, -0.2) is 0 Å². The molecule has 2 rings (SSSR count). The molecule has 0 aliphatic rings. The van der Waals surface area contributed by atoms with Crippen molar-refractivity contribution in [1.29, 1.82) is 0 Å². The first kappa shape index (κ1) is 16.5. The number of rotatable bonds is 5. The monoisotopic (exact) mass is 332 g/mol. The number of hydrogen-bond donors (Lipinski definition) is 2. The highest BCUT2D eigenvalue weighted by Crippen LogP contribution is 2.41. The molecule has 114 valence electrons. The molecule has 0 spiro atoms. The van der Waals surface area contributed by atoms with Crippen LogP contribution in [0.5, 0.6) is 0 Å². The van der Waals surface area contributed by atoms with Crippen molar-refractivity contribution in [2.75, 3.05) is 0 Å². The zero-order chi connectivity index (χ0) is 16.3. The van der Waals surface area contributed by atoms with Gasteiger partial charge in [0.1, 0.15) is 0 Å². The third kappa shape index (κ3) is 3.45. The molecule has 0 aromatic heterocycles. The topological polar surface area (TPSA) is 86.2 Å². The van der Waals surface area contributed by atoms with Crippen LogP contribution >= 0.6 is 21.6 Å². The Bertz CT molecular complexity index is 681. The molecule has 4 N–H and O–H groups in total. The fraction of sp³-hybridized carbons (Fsp3) is 0.125. The molecular weight excluding hydrogens is 316 g/mol. The fourth-order valence-corrected chi connectivity index (χ4v) is 4.65. The highest BCUT2D eigenvalue weighted by atomic mass is 33.1. The van der Waals surface area contributed by atoms with Crippen LogP contribution in [-0.2, 0) is 0 Å². The van der Waals surface area contributed by atoms with E-state index in [1.807, 2.05) is 50.2 Å². The molecule has 0 saturated carbocycles. The summed E-state index contributed by atoms with van der Waals surface area (Å²) in [5, 5.41) is 0. The first-order valence-electron chi connectivity index (χ1n) is 6.55. The van der Waals surface area contributed by atoms with Crippen molar-refractivity contribution in [3.05, 3.63) is 58.7 Å². The van der Waals surface area contributed by atoms with Crippen LogP contribution in [-0.4, -0.2) is 11.8 Å². The summed E-state index contributed by atoms with van der Waals surface area (Å²) in [6.07, 6.45) is 0. The number of primary amides is 2. The van der Waals surface area contributed by atoms with Crippen LogP contribution in [0.3, 0.4) is 0 Å². The third-order valence-electron chi connectivity index (χ3n) is 3.18. The van der Waals surface area contributed by atoms with Gasteiger partial charge in [0.05, 0.1) is 11.1 Å². The lowest BCUT2D eigenvalue weighted by Crippen LogP contribution is -2.14. The van der Waals surface area contributed by atoms with Crippen molar-refractivity contribution in [2.24, 2.45) is 11.5 Å². The van der Waals surface area contributed by atoms with E-state index in [-0.39, 0.29) is 0 Å². The summed E-state index contributed by atoms with van der Waals surface area (Å²) in [6, 6.07) is 11.1. The Balaban J connectivity index is 2.33. The standard InChI is InChI=1S/C16H16N2O2S2/c1-9-5-3-7-11(13(9)15(17)19)21-22-12-8-4-6-10(2)14(12)16(18)20/h3-8H,1-2H3,(H2,17,19)(H2,18,20). The summed E-state index contributed by atoms with van der Waals surface area (Å²) >= 11 is 0. The van der Waals surface area contributed by atoms with Crippen LogP contribution in [0.4, 0.5) is 0 Å². The molecule has 4 nitrogen and oxygen atoms in total. The van der Waals surface area contributed by atoms with E-state index in [9.17, 15) is 9.59 Å². The van der Waals surface area contributed by atoms with Gasteiger partial charge < -0.3 is 11.5 Å². The molecule has 0 atom stereocenters. The highest BCUT2D eigenvalue weighted by Gasteiger charge is 2.15. The summed E-state index contributed by atoms with van der Waals surface area (Å²) in [7, 11) is 2.78. The molecule has 0 saturated heterocycles. The Hall–Kier alpha value is -1.92. The molecule has 6 heteroatoms. The molecule has 0 fully saturated rings. The number of aryl methyl sites for hydroxylation is 2. The Kier molecular flexibility index (Phi) is 5.15. The van der Waals surface area contributed by atoms with Gasteiger partial charge in [-0.2, -0.15) is 0 Å². The molecule has 0 heterocycles. The van der Waals surface area contributed by atoms with Crippen LogP contribution in [0.25, 0.3) is 0 Å². The number of carbonyl (C=O) groups is 2. The Morgan fingerprint density at radius 3 is 1.45 bits per heavy atom. The first-order valence-corrected chi connectivity index (χ1v) is 8.70. The van der Waals surface area contributed by atoms with Crippen LogP contribution in [0, 0.1) is 13.8 Å². The molecule has 0 radical (unpaired) electrons. The normalized spacial score (nSPS) is 10.5. The second-order valence-electron chi connectivity index (χ2n) is 4.79. The lowest BCUT2D eigenvalue weighted by molar-refractivity contribution is 0.0988. The van der Waals surface area contributed by atoms with Crippen LogP contribution in [0.1, 0.15) is 31.8 Å². The maximum absolute atomic E-state index is 11.6. The Labute approximate surface area is 137 Å². The van der Waals surface area contributed by atoms with Crippen molar-refractivity contribution in [1.82, 2.24) is 0 Å². The van der Waals surface area contributed by atoms with Crippen molar-refractivity contribution in [2.45, 2.75) is 23.6 Å². The predicted octanol–water partition coefficient (Wildman–Crippen LogP) is 3.30. The van der Waals surface area contributed by atoms with Crippen molar-refractivity contribution < 1.29 is 9.59 Å². The minimum Gasteiger partial charge on any atom is -0.366 e. The minimum atomic E-state index is -0.458. The molecular formula is C16H16N2O2S2. The van der Waals surface area contributed by atoms with Gasteiger partial charge >= 0.3 is 0 Å². The average Bonchev–Trinajstić information content (AvgIpc) is 2.44. The molecule has 22 heavy (non-hydrogen) atoms. The minimum absolute atomic E-state index is 0.458. The van der Waals surface area contributed by atoms with E-state index >= 15 is 0 Å². The molecule has 0 bridgehead atoms. The van der Waals surface area contributed by atoms with Gasteiger partial charge in [0.15, 0.2) is 0 Å². The van der Waals surface area contributed by atoms with Crippen LogP contribution in [0.15, 0.2) is 46.2 Å². The highest BCUT2D eigenvalue weighted by molar-refractivity contribution is 8.76. The summed E-state index contributed by atoms with van der Waals surface area (Å²) in [6.45, 7) is 3.69. The number of nitrogens with two attached hydrogens (primary N) is 2. The average molecular weight is 332 g/mol. The van der Waals surface area contributed by atoms with Gasteiger partial charge in [-0.1, -0.05) is 45.9 Å². The van der Waals surface area contributed by atoms with E-state index in [1.165, 1.54) is 21.6 Å². The number of benzene rings is 2. The molecule has 2 aromatic rings. The lowest BCUT2D eigenvalue weighted by Gasteiger charge is -2.11. The van der Waals surface area contributed by atoms with Gasteiger partial charge in [0, 0.05) is 9.79 Å². The van der Waals surface area contributed by atoms with Crippen molar-refractivity contribution in [3.63, 3.8) is 0 Å². The third-order valence-corrected chi connectivity index (χ3v) is 5.63. The first-order chi connectivity index (χ1) is 10.4. The lowest BCUT2D eigenvalue weighted by atomic mass is 10.1. The quantitative estimate of drug-likeness (QED) is 0.823. The molecule has 0 aliphatic heterocycles. The van der Waals surface area contributed by atoms with Gasteiger partial charge in [0.25, 0.3) is 0 Å². The second-order valence-corrected chi connectivity index (χ2v) is 7.00. The molecule has 0 unspecified atom stereocenters. The van der Waals surface area contributed by atoms with Gasteiger partial charge in [0.2, 0.25) is 11.8 Å². The number of carbonyl (C=O) groups excluding carboxylic acids is 2. The van der Waals surface area contributed by atoms with Crippen molar-refractivity contribution in [3.8, 4) is 0 Å². The fourth-order valence-electron chi connectivity index (χ4n) is 2.14. The van der Waals surface area contributed by atoms with Crippen LogP contribution in [0.2, 0.25) is 0 Å². The maximum Gasteiger partial charge on any atom is 0.250 e. The van der Waals surface area contributed by atoms with E-state index in [2.05, 4.69) is 0 Å². The van der Waals surface area contributed by atoms with E-state index in [4.69, 9.17) is 11.5 Å². The summed E-state index contributed by atoms with van der Waals surface area (Å²) in [5.74, 6) is -0.916. The molecule has 2 amide bonds. The largest absolute Gasteiger partial charge is 0.366 e. The van der Waals surface area contributed by atoms with Crippen LogP contribution < -0.4 is 11.5 Å². The maximum atomic E-state index is 11.6. The molecule has 0 aliphatic carbocycles. The Morgan fingerprint density at radius 1 is 0.773 bits per heavy atom. The van der Waals surface area contributed by atoms with E-state index in [0.29, 0.717) is 11.1 Å². The predicted molar refractivity (Wildman–Crippen MR) is 91.1 cm³/mol. The van der Waals surface area contributed by atoms with Gasteiger partial charge in [-0.15, -0.1) is 0 Å². The number of amides is 2.